The fraction of sp³-hybridized carbons (Fsp3) is 0. The Kier molecular flexibility index (Phi) is 1.53. The molecule has 0 N–H and O–H groups in total. The van der Waals surface area contributed by atoms with Crippen molar-refractivity contribution in [3.05, 3.63) is 30.3 Å². The van der Waals surface area contributed by atoms with E-state index in [1.54, 1.807) is 16.9 Å². The summed E-state index contributed by atoms with van der Waals surface area (Å²) in [5, 5.41) is 0. The van der Waals surface area contributed by atoms with Gasteiger partial charge in [-0.3, -0.25) is 0 Å². The van der Waals surface area contributed by atoms with Gasteiger partial charge < -0.3 is 0 Å². The second-order valence-electron chi connectivity index (χ2n) is 1.41. The molecule has 0 fully saturated rings. The minimum Gasteiger partial charge on any atom is 0 e. The van der Waals surface area contributed by atoms with Gasteiger partial charge in [-0.15, -0.1) is 0 Å². The van der Waals surface area contributed by atoms with Crippen LogP contribution in [-0.4, -0.2) is 16.9 Å². The molecule has 1 heteroatoms. The van der Waals surface area contributed by atoms with Gasteiger partial charge in [0.2, 0.25) is 0 Å². The summed E-state index contributed by atoms with van der Waals surface area (Å²) >= 11 is 1.67. The molecule has 0 aliphatic rings. The summed E-state index contributed by atoms with van der Waals surface area (Å²) in [7, 11) is 0. The van der Waals surface area contributed by atoms with E-state index in [9.17, 15) is 0 Å². The van der Waals surface area contributed by atoms with E-state index in [4.69, 9.17) is 0 Å². The van der Waals surface area contributed by atoms with E-state index in [0.717, 1.165) is 0 Å². The average Bonchev–Trinajstić information content (AvgIpc) is 1.69. The number of hydrogen-bond donors (Lipinski definition) is 0. The molecule has 1 aromatic rings. The number of rotatable bonds is 0. The monoisotopic (exact) mass is 156 g/mol. The Bertz CT molecular complexity index is 138. The molecule has 1 aromatic carbocycles. The summed E-state index contributed by atoms with van der Waals surface area (Å²) < 4.78 is 1.38. The average molecular weight is 156 g/mol. The molecule has 0 saturated carbocycles. The van der Waals surface area contributed by atoms with Crippen LogP contribution in [0.2, 0.25) is 0 Å². The van der Waals surface area contributed by atoms with Crippen molar-refractivity contribution in [1.29, 1.82) is 0 Å². The first-order chi connectivity index (χ1) is 3.39. The van der Waals surface area contributed by atoms with Crippen LogP contribution in [-0.2, 0) is 0 Å². The molecular weight excluding hydrogens is 147 g/mol. The normalized spacial score (nSPS) is 8.71. The molecule has 7 heavy (non-hydrogen) atoms. The Labute approximate surface area is 53.5 Å². The summed E-state index contributed by atoms with van der Waals surface area (Å²) in [5.74, 6) is 0. The van der Waals surface area contributed by atoms with Crippen LogP contribution >= 0.6 is 0 Å². The molecule has 0 nitrogen and oxygen atoms in total. The van der Waals surface area contributed by atoms with Crippen LogP contribution in [0.4, 0.5) is 0 Å². The van der Waals surface area contributed by atoms with E-state index in [1.807, 2.05) is 6.07 Å². The SMILES string of the molecule is [AsH2]c1ccccc1.[HH]. The van der Waals surface area contributed by atoms with Crippen molar-refractivity contribution in [2.75, 3.05) is 0 Å². The molecule has 0 aliphatic heterocycles. The molecule has 38 valence electrons. The van der Waals surface area contributed by atoms with Gasteiger partial charge in [0.15, 0.2) is 0 Å². The number of hydrogen-bond acceptors (Lipinski definition) is 0. The molecule has 0 aliphatic carbocycles. The fourth-order valence-corrected chi connectivity index (χ4v) is 0.919. The summed E-state index contributed by atoms with van der Waals surface area (Å²) in [5.41, 5.74) is 0. The predicted octanol–water partition coefficient (Wildman–Crippen LogP) is 0.191. The van der Waals surface area contributed by atoms with Gasteiger partial charge >= 0.3 is 51.5 Å². The second-order valence-corrected chi connectivity index (χ2v) is 2.81. The molecule has 0 bridgehead atoms. The minimum atomic E-state index is 0. The summed E-state index contributed by atoms with van der Waals surface area (Å²) in [6, 6.07) is 10.4. The van der Waals surface area contributed by atoms with Crippen molar-refractivity contribution in [1.82, 2.24) is 0 Å². The third-order valence-electron chi connectivity index (χ3n) is 0.800. The van der Waals surface area contributed by atoms with E-state index >= 15 is 0 Å². The van der Waals surface area contributed by atoms with Crippen LogP contribution in [0.3, 0.4) is 0 Å². The summed E-state index contributed by atoms with van der Waals surface area (Å²) in [4.78, 5) is 0. The van der Waals surface area contributed by atoms with E-state index in [0.29, 0.717) is 0 Å². The van der Waals surface area contributed by atoms with Gasteiger partial charge in [-0.05, 0) is 0 Å². The van der Waals surface area contributed by atoms with Gasteiger partial charge in [0, 0.05) is 1.43 Å². The van der Waals surface area contributed by atoms with Crippen molar-refractivity contribution in [2.45, 2.75) is 0 Å². The molecule has 0 radical (unpaired) electrons. The van der Waals surface area contributed by atoms with E-state index < -0.39 is 0 Å². The van der Waals surface area contributed by atoms with Crippen molar-refractivity contribution in [3.8, 4) is 0 Å². The maximum atomic E-state index is 2.11. The van der Waals surface area contributed by atoms with Gasteiger partial charge in [-0.2, -0.15) is 0 Å². The summed E-state index contributed by atoms with van der Waals surface area (Å²) in [6.07, 6.45) is 0. The molecule has 1 rings (SSSR count). The molecule has 1 unspecified atom stereocenters. The zero-order valence-electron chi connectivity index (χ0n) is 3.96. The molecule has 0 spiro atoms. The molecule has 0 heterocycles. The molecular formula is C6H9As. The van der Waals surface area contributed by atoms with Gasteiger partial charge in [-0.1, -0.05) is 0 Å². The zero-order valence-corrected chi connectivity index (χ0v) is 6.39. The van der Waals surface area contributed by atoms with Crippen molar-refractivity contribution in [3.63, 3.8) is 0 Å². The van der Waals surface area contributed by atoms with Crippen LogP contribution in [0.25, 0.3) is 0 Å². The molecule has 0 saturated heterocycles. The van der Waals surface area contributed by atoms with Gasteiger partial charge in [0.1, 0.15) is 0 Å². The van der Waals surface area contributed by atoms with Gasteiger partial charge in [-0.25, -0.2) is 0 Å². The predicted molar refractivity (Wildman–Crippen MR) is 36.7 cm³/mol. The number of benzene rings is 1. The Morgan fingerprint density at radius 1 is 1.14 bits per heavy atom. The van der Waals surface area contributed by atoms with Gasteiger partial charge in [0.25, 0.3) is 0 Å². The fourth-order valence-electron chi connectivity index (χ4n) is 0.453. The Hall–Kier alpha value is -0.222. The maximum Gasteiger partial charge on any atom is 0 e. The Balaban J connectivity index is 0.000000490. The first kappa shape index (κ1) is 4.93. The van der Waals surface area contributed by atoms with E-state index in [1.165, 1.54) is 4.35 Å². The zero-order chi connectivity index (χ0) is 5.11. The third-order valence-corrected chi connectivity index (χ3v) is 1.61. The van der Waals surface area contributed by atoms with Crippen molar-refractivity contribution >= 4 is 21.2 Å². The maximum absolute atomic E-state index is 2.11. The molecule has 0 aromatic heterocycles. The van der Waals surface area contributed by atoms with Crippen molar-refractivity contribution in [2.24, 2.45) is 0 Å². The standard InChI is InChI=1S/C6H7As.H2/c7-6-4-2-1-3-5-6;/h1-5H,7H2;1H. The van der Waals surface area contributed by atoms with Crippen LogP contribution < -0.4 is 4.35 Å². The smallest absolute Gasteiger partial charge is 0 e. The van der Waals surface area contributed by atoms with Crippen LogP contribution in [0.1, 0.15) is 1.43 Å². The summed E-state index contributed by atoms with van der Waals surface area (Å²) in [6.45, 7) is 0. The second kappa shape index (κ2) is 2.18. The van der Waals surface area contributed by atoms with Crippen LogP contribution in [0.15, 0.2) is 30.3 Å². The van der Waals surface area contributed by atoms with E-state index in [2.05, 4.69) is 24.3 Å². The Morgan fingerprint density at radius 2 is 1.71 bits per heavy atom. The Morgan fingerprint density at radius 3 is 2.00 bits per heavy atom. The topological polar surface area (TPSA) is 0 Å². The minimum absolute atomic E-state index is 0. The first-order valence-electron chi connectivity index (χ1n) is 2.20. The van der Waals surface area contributed by atoms with E-state index in [-0.39, 0.29) is 1.43 Å². The van der Waals surface area contributed by atoms with Crippen molar-refractivity contribution < 1.29 is 1.43 Å². The third kappa shape index (κ3) is 1.36. The van der Waals surface area contributed by atoms with Crippen LogP contribution in [0.5, 0.6) is 0 Å². The molecule has 0 amide bonds. The first-order valence-corrected chi connectivity index (χ1v) is 3.41. The molecule has 1 atom stereocenters. The van der Waals surface area contributed by atoms with Gasteiger partial charge in [0.05, 0.1) is 0 Å². The quantitative estimate of drug-likeness (QED) is 0.470. The van der Waals surface area contributed by atoms with Crippen LogP contribution in [0, 0.1) is 0 Å². The largest absolute Gasteiger partial charge is 0 e.